The summed E-state index contributed by atoms with van der Waals surface area (Å²) in [5, 5.41) is 7.13. The Kier molecular flexibility index (Phi) is 3.79. The van der Waals surface area contributed by atoms with Gasteiger partial charge in [0.25, 0.3) is 0 Å². The van der Waals surface area contributed by atoms with Crippen LogP contribution >= 0.6 is 0 Å². The standard InChI is InChI=1S/C11H23N3/c1-14-6-2-3-11(9-14)13-8-10-4-5-12-7-10/h10-13H,2-9H2,1H3. The molecule has 14 heavy (non-hydrogen) atoms. The van der Waals surface area contributed by atoms with Gasteiger partial charge in [-0.25, -0.2) is 0 Å². The first kappa shape index (κ1) is 10.4. The number of hydrogen-bond donors (Lipinski definition) is 2. The second kappa shape index (κ2) is 5.10. The predicted octanol–water partition coefficient (Wildman–Crippen LogP) is 0.280. The Hall–Kier alpha value is -0.120. The van der Waals surface area contributed by atoms with Gasteiger partial charge in [-0.3, -0.25) is 0 Å². The van der Waals surface area contributed by atoms with Crippen LogP contribution in [0.2, 0.25) is 0 Å². The third-order valence-electron chi connectivity index (χ3n) is 3.48. The molecular weight excluding hydrogens is 174 g/mol. The van der Waals surface area contributed by atoms with Crippen LogP contribution in [0.25, 0.3) is 0 Å². The summed E-state index contributed by atoms with van der Waals surface area (Å²) in [6.07, 6.45) is 4.08. The molecule has 2 aliphatic rings. The Morgan fingerprint density at radius 1 is 1.43 bits per heavy atom. The van der Waals surface area contributed by atoms with Crippen LogP contribution in [0, 0.1) is 5.92 Å². The predicted molar refractivity (Wildman–Crippen MR) is 59.5 cm³/mol. The number of nitrogens with one attached hydrogen (secondary N) is 2. The molecule has 3 heteroatoms. The van der Waals surface area contributed by atoms with Crippen molar-refractivity contribution >= 4 is 0 Å². The minimum atomic E-state index is 0.745. The fourth-order valence-electron chi connectivity index (χ4n) is 2.56. The zero-order valence-corrected chi connectivity index (χ0v) is 9.26. The summed E-state index contributed by atoms with van der Waals surface area (Å²) in [7, 11) is 2.23. The van der Waals surface area contributed by atoms with E-state index in [1.165, 1.54) is 52.0 Å². The maximum Gasteiger partial charge on any atom is 0.0195 e. The molecule has 3 nitrogen and oxygen atoms in total. The number of nitrogens with zero attached hydrogens (tertiary/aromatic N) is 1. The molecule has 0 aromatic carbocycles. The van der Waals surface area contributed by atoms with Crippen LogP contribution in [0.5, 0.6) is 0 Å². The molecule has 0 amide bonds. The van der Waals surface area contributed by atoms with Crippen LogP contribution in [0.3, 0.4) is 0 Å². The highest BCUT2D eigenvalue weighted by molar-refractivity contribution is 4.79. The molecule has 0 spiro atoms. The second-order valence-electron chi connectivity index (χ2n) is 4.87. The molecule has 0 saturated carbocycles. The van der Waals surface area contributed by atoms with Crippen molar-refractivity contribution in [1.29, 1.82) is 0 Å². The smallest absolute Gasteiger partial charge is 0.0195 e. The van der Waals surface area contributed by atoms with Gasteiger partial charge in [0.05, 0.1) is 0 Å². The zero-order chi connectivity index (χ0) is 9.80. The van der Waals surface area contributed by atoms with Crippen LogP contribution in [0.15, 0.2) is 0 Å². The van der Waals surface area contributed by atoms with Crippen LogP contribution in [0.4, 0.5) is 0 Å². The molecule has 2 unspecified atom stereocenters. The van der Waals surface area contributed by atoms with Crippen molar-refractivity contribution in [1.82, 2.24) is 15.5 Å². The maximum absolute atomic E-state index is 3.71. The SMILES string of the molecule is CN1CCCC(NCC2CCNC2)C1. The minimum absolute atomic E-state index is 0.745. The van der Waals surface area contributed by atoms with Crippen LogP contribution in [-0.4, -0.2) is 50.7 Å². The first-order chi connectivity index (χ1) is 6.84. The Morgan fingerprint density at radius 3 is 3.07 bits per heavy atom. The normalized spacial score (nSPS) is 34.9. The van der Waals surface area contributed by atoms with Crippen molar-refractivity contribution in [3.8, 4) is 0 Å². The summed E-state index contributed by atoms with van der Waals surface area (Å²) < 4.78 is 0. The molecule has 2 aliphatic heterocycles. The first-order valence-corrected chi connectivity index (χ1v) is 5.97. The fraction of sp³-hybridized carbons (Fsp3) is 1.00. The van der Waals surface area contributed by atoms with E-state index >= 15 is 0 Å². The lowest BCUT2D eigenvalue weighted by Crippen LogP contribution is -2.45. The Balaban J connectivity index is 1.64. The molecule has 2 N–H and O–H groups in total. The van der Waals surface area contributed by atoms with Gasteiger partial charge in [0.2, 0.25) is 0 Å². The molecule has 2 heterocycles. The fourth-order valence-corrected chi connectivity index (χ4v) is 2.56. The van der Waals surface area contributed by atoms with Crippen LogP contribution in [0.1, 0.15) is 19.3 Å². The van der Waals surface area contributed by atoms with Gasteiger partial charge in [-0.05, 0) is 58.4 Å². The summed E-state index contributed by atoms with van der Waals surface area (Å²) in [4.78, 5) is 2.44. The van der Waals surface area contributed by atoms with Gasteiger partial charge in [-0.15, -0.1) is 0 Å². The topological polar surface area (TPSA) is 27.3 Å². The van der Waals surface area contributed by atoms with Gasteiger partial charge in [0, 0.05) is 12.6 Å². The third-order valence-corrected chi connectivity index (χ3v) is 3.48. The van der Waals surface area contributed by atoms with E-state index < -0.39 is 0 Å². The molecular formula is C11H23N3. The molecule has 2 atom stereocenters. The monoisotopic (exact) mass is 197 g/mol. The summed E-state index contributed by atoms with van der Waals surface area (Å²) >= 11 is 0. The van der Waals surface area contributed by atoms with Crippen molar-refractivity contribution in [2.75, 3.05) is 39.8 Å². The second-order valence-corrected chi connectivity index (χ2v) is 4.87. The largest absolute Gasteiger partial charge is 0.316 e. The number of rotatable bonds is 3. The molecule has 2 fully saturated rings. The van der Waals surface area contributed by atoms with Gasteiger partial charge < -0.3 is 15.5 Å². The van der Waals surface area contributed by atoms with E-state index in [-0.39, 0.29) is 0 Å². The van der Waals surface area contributed by atoms with E-state index in [0.717, 1.165) is 12.0 Å². The lowest BCUT2D eigenvalue weighted by Gasteiger charge is -2.31. The number of likely N-dealkylation sites (tertiary alicyclic amines) is 1. The summed E-state index contributed by atoms with van der Waals surface area (Å²) in [6.45, 7) is 6.17. The van der Waals surface area contributed by atoms with Crippen molar-refractivity contribution in [2.24, 2.45) is 5.92 Å². The molecule has 0 aliphatic carbocycles. The van der Waals surface area contributed by atoms with Crippen molar-refractivity contribution in [3.05, 3.63) is 0 Å². The van der Waals surface area contributed by atoms with E-state index in [9.17, 15) is 0 Å². The van der Waals surface area contributed by atoms with Crippen LogP contribution in [-0.2, 0) is 0 Å². The summed E-state index contributed by atoms with van der Waals surface area (Å²) in [5.41, 5.74) is 0. The highest BCUT2D eigenvalue weighted by Crippen LogP contribution is 2.10. The maximum atomic E-state index is 3.71. The van der Waals surface area contributed by atoms with E-state index in [2.05, 4.69) is 22.6 Å². The van der Waals surface area contributed by atoms with E-state index in [4.69, 9.17) is 0 Å². The van der Waals surface area contributed by atoms with Crippen molar-refractivity contribution in [3.63, 3.8) is 0 Å². The van der Waals surface area contributed by atoms with E-state index in [1.54, 1.807) is 0 Å². The molecule has 0 aromatic heterocycles. The molecule has 0 radical (unpaired) electrons. The molecule has 82 valence electrons. The zero-order valence-electron chi connectivity index (χ0n) is 9.26. The van der Waals surface area contributed by atoms with Crippen LogP contribution < -0.4 is 10.6 Å². The van der Waals surface area contributed by atoms with E-state index in [1.807, 2.05) is 0 Å². The van der Waals surface area contributed by atoms with E-state index in [0.29, 0.717) is 0 Å². The lowest BCUT2D eigenvalue weighted by molar-refractivity contribution is 0.223. The summed E-state index contributed by atoms with van der Waals surface area (Å²) in [5.74, 6) is 0.877. The average molecular weight is 197 g/mol. The highest BCUT2D eigenvalue weighted by Gasteiger charge is 2.19. The third kappa shape index (κ3) is 2.94. The minimum Gasteiger partial charge on any atom is -0.316 e. The van der Waals surface area contributed by atoms with Crippen molar-refractivity contribution in [2.45, 2.75) is 25.3 Å². The Morgan fingerprint density at radius 2 is 2.36 bits per heavy atom. The summed E-state index contributed by atoms with van der Waals surface area (Å²) in [6, 6.07) is 0.745. The molecule has 0 bridgehead atoms. The lowest BCUT2D eigenvalue weighted by atomic mass is 10.0. The molecule has 0 aromatic rings. The Labute approximate surface area is 87.2 Å². The molecule has 2 saturated heterocycles. The van der Waals surface area contributed by atoms with Gasteiger partial charge >= 0.3 is 0 Å². The average Bonchev–Trinajstić information content (AvgIpc) is 2.67. The number of piperidine rings is 1. The quantitative estimate of drug-likeness (QED) is 0.680. The number of likely N-dealkylation sites (N-methyl/N-ethyl adjacent to an activating group) is 1. The first-order valence-electron chi connectivity index (χ1n) is 5.97. The molecule has 2 rings (SSSR count). The van der Waals surface area contributed by atoms with Gasteiger partial charge in [-0.1, -0.05) is 0 Å². The van der Waals surface area contributed by atoms with Gasteiger partial charge in [0.15, 0.2) is 0 Å². The van der Waals surface area contributed by atoms with Gasteiger partial charge in [-0.2, -0.15) is 0 Å². The Bertz CT molecular complexity index is 166. The van der Waals surface area contributed by atoms with Gasteiger partial charge in [0.1, 0.15) is 0 Å². The highest BCUT2D eigenvalue weighted by atomic mass is 15.1. The number of hydrogen-bond acceptors (Lipinski definition) is 3. The van der Waals surface area contributed by atoms with Crippen molar-refractivity contribution < 1.29 is 0 Å².